The molecule has 1 aromatic heterocycles. The van der Waals surface area contributed by atoms with Gasteiger partial charge in [-0.25, -0.2) is 9.97 Å². The van der Waals surface area contributed by atoms with Gasteiger partial charge in [0.1, 0.15) is 12.2 Å². The van der Waals surface area contributed by atoms with Crippen LogP contribution in [0.2, 0.25) is 0 Å². The Hall–Kier alpha value is -2.55. The quantitative estimate of drug-likeness (QED) is 0.407. The second-order valence-electron chi connectivity index (χ2n) is 16.4. The SMILES string of the molecule is CC1(C)CC2C3=C(c4cncnc4)CC4C5(C)CC(C#N)C(=O)C(C)(C)C5CCC4(C)C3(C)CCC2[C@H](C(=O)O)C1. The fourth-order valence-corrected chi connectivity index (χ4v) is 11.8. The number of ketones is 1. The minimum Gasteiger partial charge on any atom is -0.481 e. The van der Waals surface area contributed by atoms with E-state index in [4.69, 9.17) is 0 Å². The normalized spacial score (nSPS) is 44.5. The molecule has 41 heavy (non-hydrogen) atoms. The lowest BCUT2D eigenvalue weighted by molar-refractivity contribution is -0.186. The molecule has 5 aliphatic carbocycles. The first kappa shape index (κ1) is 28.6. The third-order valence-corrected chi connectivity index (χ3v) is 13.7. The van der Waals surface area contributed by atoms with Crippen LogP contribution in [0, 0.1) is 73.9 Å². The van der Waals surface area contributed by atoms with Gasteiger partial charge in [0.2, 0.25) is 0 Å². The van der Waals surface area contributed by atoms with E-state index in [1.807, 2.05) is 12.4 Å². The third kappa shape index (κ3) is 3.79. The van der Waals surface area contributed by atoms with Gasteiger partial charge in [-0.15, -0.1) is 0 Å². The van der Waals surface area contributed by atoms with Gasteiger partial charge in [0.05, 0.1) is 12.0 Å². The highest BCUT2D eigenvalue weighted by molar-refractivity contribution is 5.90. The van der Waals surface area contributed by atoms with E-state index >= 15 is 0 Å². The minimum atomic E-state index is -0.647. The summed E-state index contributed by atoms with van der Waals surface area (Å²) in [6, 6.07) is 2.41. The fourth-order valence-electron chi connectivity index (χ4n) is 11.8. The standard InChI is InChI=1S/C35H47N3O3/c1-31(2)14-24-22(25(15-31)30(40)41)8-10-35(7)28(24)23(21-17-37-19-38-18-21)12-27-33(5)13-20(16-36)29(39)32(3,4)26(33)9-11-34(27,35)6/h17-20,22,24-27H,8-15H2,1-7H3,(H,40,41)/t20?,22?,24?,25-,26?,27?,33?,34?,35?/m1/s1. The average Bonchev–Trinajstić information content (AvgIpc) is 2.90. The Bertz CT molecular complexity index is 1360. The van der Waals surface area contributed by atoms with Gasteiger partial charge in [-0.05, 0) is 102 Å². The second kappa shape index (κ2) is 8.98. The Kier molecular flexibility index (Phi) is 6.25. The van der Waals surface area contributed by atoms with Crippen LogP contribution in [0.1, 0.15) is 105 Å². The monoisotopic (exact) mass is 557 g/mol. The smallest absolute Gasteiger partial charge is 0.306 e. The van der Waals surface area contributed by atoms with Crippen molar-refractivity contribution in [2.45, 2.75) is 99.8 Å². The highest BCUT2D eigenvalue weighted by Crippen LogP contribution is 2.76. The zero-order chi connectivity index (χ0) is 29.8. The van der Waals surface area contributed by atoms with Crippen molar-refractivity contribution in [3.63, 3.8) is 0 Å². The van der Waals surface area contributed by atoms with Crippen molar-refractivity contribution < 1.29 is 14.7 Å². The van der Waals surface area contributed by atoms with Crippen LogP contribution >= 0.6 is 0 Å². The predicted molar refractivity (Wildman–Crippen MR) is 157 cm³/mol. The maximum Gasteiger partial charge on any atom is 0.306 e. The average molecular weight is 558 g/mol. The van der Waals surface area contributed by atoms with Crippen molar-refractivity contribution in [3.8, 4) is 6.07 Å². The summed E-state index contributed by atoms with van der Waals surface area (Å²) in [6.45, 7) is 16.1. The molecule has 0 saturated heterocycles. The van der Waals surface area contributed by atoms with Crippen molar-refractivity contribution in [3.05, 3.63) is 29.9 Å². The van der Waals surface area contributed by atoms with Crippen molar-refractivity contribution >= 4 is 17.3 Å². The Morgan fingerprint density at radius 1 is 0.976 bits per heavy atom. The van der Waals surface area contributed by atoms with Crippen molar-refractivity contribution in [2.75, 3.05) is 0 Å². The first-order chi connectivity index (χ1) is 19.1. The third-order valence-electron chi connectivity index (χ3n) is 13.7. The number of carboxylic acid groups (broad SMARTS) is 1. The molecule has 0 radical (unpaired) electrons. The maximum atomic E-state index is 13.5. The molecule has 8 unspecified atom stereocenters. The van der Waals surface area contributed by atoms with E-state index in [-0.39, 0.29) is 51.1 Å². The summed E-state index contributed by atoms with van der Waals surface area (Å²) < 4.78 is 0. The lowest BCUT2D eigenvalue weighted by atomic mass is 9.33. The number of carboxylic acids is 1. The van der Waals surface area contributed by atoms with Gasteiger partial charge in [-0.2, -0.15) is 5.26 Å². The molecule has 1 N–H and O–H groups in total. The lowest BCUT2D eigenvalue weighted by Crippen LogP contribution is -2.65. The molecule has 0 aliphatic heterocycles. The zero-order valence-electron chi connectivity index (χ0n) is 26.0. The molecule has 0 bridgehead atoms. The second-order valence-corrected chi connectivity index (χ2v) is 16.4. The Morgan fingerprint density at radius 2 is 1.66 bits per heavy atom. The number of aromatic nitrogens is 2. The first-order valence-corrected chi connectivity index (χ1v) is 15.8. The summed E-state index contributed by atoms with van der Waals surface area (Å²) in [6.07, 6.45) is 12.6. The summed E-state index contributed by atoms with van der Waals surface area (Å²) in [4.78, 5) is 35.0. The molecule has 6 heteroatoms. The summed E-state index contributed by atoms with van der Waals surface area (Å²) >= 11 is 0. The van der Waals surface area contributed by atoms with E-state index in [9.17, 15) is 20.0 Å². The summed E-state index contributed by atoms with van der Waals surface area (Å²) in [5.74, 6) is -0.542. The number of carbonyl (C=O) groups excluding carboxylic acids is 1. The fraction of sp³-hybridized carbons (Fsp3) is 0.743. The summed E-state index contributed by atoms with van der Waals surface area (Å²) in [5.41, 5.74) is 2.98. The Labute approximate surface area is 245 Å². The lowest BCUT2D eigenvalue weighted by Gasteiger charge is -2.71. The van der Waals surface area contributed by atoms with Crippen LogP contribution in [-0.4, -0.2) is 26.8 Å². The molecule has 4 fully saturated rings. The highest BCUT2D eigenvalue weighted by Gasteiger charge is 2.69. The highest BCUT2D eigenvalue weighted by atomic mass is 16.4. The molecule has 6 nitrogen and oxygen atoms in total. The van der Waals surface area contributed by atoms with Gasteiger partial charge in [0.25, 0.3) is 0 Å². The van der Waals surface area contributed by atoms with Crippen molar-refractivity contribution in [1.29, 1.82) is 5.26 Å². The van der Waals surface area contributed by atoms with Crippen LogP contribution in [0.5, 0.6) is 0 Å². The molecule has 0 amide bonds. The van der Waals surface area contributed by atoms with E-state index in [0.29, 0.717) is 12.3 Å². The number of fused-ring (bicyclic) bond motifs is 7. The van der Waals surface area contributed by atoms with Crippen LogP contribution in [0.3, 0.4) is 0 Å². The molecular formula is C35H47N3O3. The van der Waals surface area contributed by atoms with Gasteiger partial charge in [0, 0.05) is 23.4 Å². The zero-order valence-corrected chi connectivity index (χ0v) is 26.0. The molecule has 1 aromatic rings. The number of Topliss-reactive ketones (excluding diaryl/α,β-unsaturated/α-hetero) is 1. The molecular weight excluding hydrogens is 510 g/mol. The first-order valence-electron chi connectivity index (χ1n) is 15.8. The number of hydrogen-bond acceptors (Lipinski definition) is 5. The molecule has 4 saturated carbocycles. The largest absolute Gasteiger partial charge is 0.481 e. The molecule has 1 heterocycles. The Morgan fingerprint density at radius 3 is 2.29 bits per heavy atom. The predicted octanol–water partition coefficient (Wildman–Crippen LogP) is 7.36. The number of hydrogen-bond donors (Lipinski definition) is 1. The molecule has 6 rings (SSSR count). The van der Waals surface area contributed by atoms with Gasteiger partial charge >= 0.3 is 5.97 Å². The molecule has 220 valence electrons. The topological polar surface area (TPSA) is 104 Å². The molecule has 5 aliphatic rings. The van der Waals surface area contributed by atoms with Crippen molar-refractivity contribution in [1.82, 2.24) is 9.97 Å². The van der Waals surface area contributed by atoms with Crippen LogP contribution in [-0.2, 0) is 9.59 Å². The number of aliphatic carboxylic acids is 1. The van der Waals surface area contributed by atoms with E-state index < -0.39 is 17.3 Å². The van der Waals surface area contributed by atoms with E-state index in [1.165, 1.54) is 11.1 Å². The summed E-state index contributed by atoms with van der Waals surface area (Å²) in [7, 11) is 0. The van der Waals surface area contributed by atoms with Gasteiger partial charge < -0.3 is 5.11 Å². The van der Waals surface area contributed by atoms with Crippen LogP contribution in [0.4, 0.5) is 0 Å². The van der Waals surface area contributed by atoms with E-state index in [1.54, 1.807) is 6.33 Å². The molecule has 9 atom stereocenters. The van der Waals surface area contributed by atoms with Crippen molar-refractivity contribution in [2.24, 2.45) is 62.6 Å². The van der Waals surface area contributed by atoms with E-state index in [2.05, 4.69) is 64.5 Å². The number of allylic oxidation sites excluding steroid dienone is 2. The van der Waals surface area contributed by atoms with Gasteiger partial charge in [-0.3, -0.25) is 9.59 Å². The number of rotatable bonds is 2. The number of carbonyl (C=O) groups is 2. The maximum absolute atomic E-state index is 13.5. The number of nitrogens with zero attached hydrogens (tertiary/aromatic N) is 3. The van der Waals surface area contributed by atoms with Crippen LogP contribution in [0.25, 0.3) is 5.57 Å². The van der Waals surface area contributed by atoms with Gasteiger partial charge in [0.15, 0.2) is 5.78 Å². The Balaban J connectivity index is 1.58. The summed E-state index contributed by atoms with van der Waals surface area (Å²) in [5, 5.41) is 20.5. The van der Waals surface area contributed by atoms with E-state index in [0.717, 1.165) is 50.5 Å². The van der Waals surface area contributed by atoms with Gasteiger partial charge in [-0.1, -0.05) is 54.0 Å². The number of nitriles is 1. The molecule has 0 spiro atoms. The molecule has 0 aromatic carbocycles. The minimum absolute atomic E-state index is 0.0194. The van der Waals surface area contributed by atoms with Crippen LogP contribution < -0.4 is 0 Å². The van der Waals surface area contributed by atoms with Crippen LogP contribution in [0.15, 0.2) is 24.3 Å².